The molecule has 6 nitrogen and oxygen atoms in total. The van der Waals surface area contributed by atoms with E-state index in [-0.39, 0.29) is 16.9 Å². The molecule has 0 saturated carbocycles. The van der Waals surface area contributed by atoms with Crippen molar-refractivity contribution in [3.8, 4) is 0 Å². The number of carbonyl (C=O) groups is 1. The zero-order valence-corrected chi connectivity index (χ0v) is 10.5. The monoisotopic (exact) mass is 257 g/mol. The summed E-state index contributed by atoms with van der Waals surface area (Å²) >= 11 is 1.30. The smallest absolute Gasteiger partial charge is 0.343 e. The lowest BCUT2D eigenvalue weighted by atomic mass is 10.3. The van der Waals surface area contributed by atoms with E-state index in [0.29, 0.717) is 24.7 Å². The molecular weight excluding hydrogens is 242 g/mol. The van der Waals surface area contributed by atoms with E-state index < -0.39 is 0 Å². The molecule has 7 heteroatoms. The number of hydrogen-bond acceptors (Lipinski definition) is 5. The van der Waals surface area contributed by atoms with Crippen molar-refractivity contribution in [2.45, 2.75) is 43.1 Å². The summed E-state index contributed by atoms with van der Waals surface area (Å²) in [5.41, 5.74) is -0.215. The minimum Gasteiger partial charge on any atom is -0.465 e. The molecule has 1 fully saturated rings. The first kappa shape index (κ1) is 12.2. The van der Waals surface area contributed by atoms with Crippen molar-refractivity contribution in [1.29, 1.82) is 0 Å². The highest BCUT2D eigenvalue weighted by Crippen LogP contribution is 2.27. The average Bonchev–Trinajstić information content (AvgIpc) is 2.86. The Kier molecular flexibility index (Phi) is 3.88. The molecule has 1 aliphatic rings. The molecule has 0 aliphatic carbocycles. The molecule has 0 bridgehead atoms. The molecule has 1 atom stereocenters. The highest BCUT2D eigenvalue weighted by atomic mass is 32.2. The summed E-state index contributed by atoms with van der Waals surface area (Å²) in [7, 11) is 0. The standard InChI is InChI=1S/C10H15N3O3S/c1-2-3-5-13-9(15)11-12-10(13)17-7-4-6-16-8(7)14/h7H,2-6H2,1H3,(H,11,15)/t7-/m0/s1. The number of unbranched alkanes of at least 4 members (excludes halogenated alkanes) is 1. The Morgan fingerprint density at radius 1 is 1.59 bits per heavy atom. The van der Waals surface area contributed by atoms with Gasteiger partial charge in [-0.1, -0.05) is 25.1 Å². The Morgan fingerprint density at radius 3 is 3.06 bits per heavy atom. The lowest BCUT2D eigenvalue weighted by Crippen LogP contribution is -2.19. The Morgan fingerprint density at radius 2 is 2.41 bits per heavy atom. The van der Waals surface area contributed by atoms with Crippen LogP contribution in [0.1, 0.15) is 26.2 Å². The van der Waals surface area contributed by atoms with E-state index in [0.717, 1.165) is 12.8 Å². The Balaban J connectivity index is 2.09. The van der Waals surface area contributed by atoms with E-state index in [1.807, 2.05) is 0 Å². The van der Waals surface area contributed by atoms with Gasteiger partial charge >= 0.3 is 11.7 Å². The number of esters is 1. The molecule has 0 amide bonds. The zero-order valence-electron chi connectivity index (χ0n) is 9.64. The second-order valence-electron chi connectivity index (χ2n) is 3.88. The second-order valence-corrected chi connectivity index (χ2v) is 5.05. The van der Waals surface area contributed by atoms with Crippen LogP contribution in [0.4, 0.5) is 0 Å². The van der Waals surface area contributed by atoms with Gasteiger partial charge in [-0.05, 0) is 6.42 Å². The van der Waals surface area contributed by atoms with Gasteiger partial charge in [-0.2, -0.15) is 0 Å². The highest BCUT2D eigenvalue weighted by molar-refractivity contribution is 8.00. The molecule has 1 saturated heterocycles. The first-order chi connectivity index (χ1) is 8.22. The summed E-state index contributed by atoms with van der Waals surface area (Å²) in [6, 6.07) is 0. The summed E-state index contributed by atoms with van der Waals surface area (Å²) in [5, 5.41) is 6.71. The van der Waals surface area contributed by atoms with Gasteiger partial charge in [0.05, 0.1) is 6.61 Å². The summed E-state index contributed by atoms with van der Waals surface area (Å²) in [4.78, 5) is 22.9. The first-order valence-electron chi connectivity index (χ1n) is 5.71. The number of H-pyrrole nitrogens is 1. The Labute approximate surface area is 103 Å². The predicted molar refractivity (Wildman–Crippen MR) is 63.0 cm³/mol. The third kappa shape index (κ3) is 2.71. The van der Waals surface area contributed by atoms with Crippen LogP contribution < -0.4 is 5.69 Å². The van der Waals surface area contributed by atoms with Gasteiger partial charge < -0.3 is 4.74 Å². The largest absolute Gasteiger partial charge is 0.465 e. The molecule has 1 aromatic rings. The summed E-state index contributed by atoms with van der Waals surface area (Å²) in [5.74, 6) is -0.215. The van der Waals surface area contributed by atoms with Crippen LogP contribution in [-0.4, -0.2) is 32.6 Å². The third-order valence-corrected chi connectivity index (χ3v) is 3.83. The van der Waals surface area contributed by atoms with Gasteiger partial charge in [0.2, 0.25) is 0 Å². The van der Waals surface area contributed by atoms with Crippen LogP contribution in [0.2, 0.25) is 0 Å². The maximum absolute atomic E-state index is 11.5. The van der Waals surface area contributed by atoms with Crippen molar-refractivity contribution in [3.05, 3.63) is 10.5 Å². The number of aromatic amines is 1. The van der Waals surface area contributed by atoms with E-state index >= 15 is 0 Å². The van der Waals surface area contributed by atoms with Crippen LogP contribution in [0.3, 0.4) is 0 Å². The van der Waals surface area contributed by atoms with E-state index in [4.69, 9.17) is 4.74 Å². The van der Waals surface area contributed by atoms with E-state index in [9.17, 15) is 9.59 Å². The summed E-state index contributed by atoms with van der Waals surface area (Å²) < 4.78 is 6.46. The molecule has 0 aromatic carbocycles. The Hall–Kier alpha value is -1.24. The molecule has 1 aliphatic heterocycles. The number of carbonyl (C=O) groups excluding carboxylic acids is 1. The normalized spacial score (nSPS) is 19.6. The maximum Gasteiger partial charge on any atom is 0.343 e. The number of rotatable bonds is 5. The molecular formula is C10H15N3O3S. The van der Waals surface area contributed by atoms with E-state index in [1.54, 1.807) is 4.57 Å². The van der Waals surface area contributed by atoms with Gasteiger partial charge in [-0.25, -0.2) is 9.89 Å². The van der Waals surface area contributed by atoms with Crippen LogP contribution in [0.25, 0.3) is 0 Å². The van der Waals surface area contributed by atoms with Crippen LogP contribution in [0.15, 0.2) is 9.95 Å². The molecule has 2 heterocycles. The molecule has 1 aromatic heterocycles. The lowest BCUT2D eigenvalue weighted by molar-refractivity contribution is -0.137. The van der Waals surface area contributed by atoms with Gasteiger partial charge in [0.15, 0.2) is 5.16 Å². The number of nitrogens with one attached hydrogen (secondary N) is 1. The zero-order chi connectivity index (χ0) is 12.3. The predicted octanol–water partition coefficient (Wildman–Crippen LogP) is 0.779. The molecule has 2 rings (SSSR count). The van der Waals surface area contributed by atoms with Crippen molar-refractivity contribution >= 4 is 17.7 Å². The van der Waals surface area contributed by atoms with Gasteiger partial charge in [0.1, 0.15) is 5.25 Å². The van der Waals surface area contributed by atoms with Crippen LogP contribution >= 0.6 is 11.8 Å². The van der Waals surface area contributed by atoms with Crippen molar-refractivity contribution in [3.63, 3.8) is 0 Å². The number of thioether (sulfide) groups is 1. The number of cyclic esters (lactones) is 1. The van der Waals surface area contributed by atoms with Gasteiger partial charge in [0, 0.05) is 13.0 Å². The fraction of sp³-hybridized carbons (Fsp3) is 0.700. The maximum atomic E-state index is 11.5. The molecule has 0 unspecified atom stereocenters. The number of hydrogen-bond donors (Lipinski definition) is 1. The van der Waals surface area contributed by atoms with Crippen LogP contribution in [-0.2, 0) is 16.1 Å². The van der Waals surface area contributed by atoms with Gasteiger partial charge in [0.25, 0.3) is 0 Å². The van der Waals surface area contributed by atoms with Crippen molar-refractivity contribution < 1.29 is 9.53 Å². The average molecular weight is 257 g/mol. The molecule has 1 N–H and O–H groups in total. The SMILES string of the molecule is CCCCn1c(S[C@H]2CCOC2=O)n[nH]c1=O. The van der Waals surface area contributed by atoms with Crippen molar-refractivity contribution in [2.75, 3.05) is 6.61 Å². The highest BCUT2D eigenvalue weighted by Gasteiger charge is 2.29. The van der Waals surface area contributed by atoms with Crippen LogP contribution in [0, 0.1) is 0 Å². The third-order valence-electron chi connectivity index (χ3n) is 2.59. The Bertz CT molecular complexity index is 454. The minimum absolute atomic E-state index is 0.215. The number of aromatic nitrogens is 3. The van der Waals surface area contributed by atoms with Crippen molar-refractivity contribution in [1.82, 2.24) is 14.8 Å². The quantitative estimate of drug-likeness (QED) is 0.789. The molecule has 94 valence electrons. The molecule has 17 heavy (non-hydrogen) atoms. The van der Waals surface area contributed by atoms with Gasteiger partial charge in [-0.3, -0.25) is 9.36 Å². The molecule has 0 radical (unpaired) electrons. The summed E-state index contributed by atoms with van der Waals surface area (Å²) in [6.45, 7) is 3.16. The number of ether oxygens (including phenoxy) is 1. The van der Waals surface area contributed by atoms with Gasteiger partial charge in [-0.15, -0.1) is 5.10 Å². The second kappa shape index (κ2) is 5.39. The van der Waals surface area contributed by atoms with Crippen molar-refractivity contribution in [2.24, 2.45) is 0 Å². The summed E-state index contributed by atoms with van der Waals surface area (Å²) in [6.07, 6.45) is 2.60. The lowest BCUT2D eigenvalue weighted by Gasteiger charge is -2.06. The number of nitrogens with zero attached hydrogens (tertiary/aromatic N) is 2. The first-order valence-corrected chi connectivity index (χ1v) is 6.59. The molecule has 0 spiro atoms. The van der Waals surface area contributed by atoms with E-state index in [1.165, 1.54) is 11.8 Å². The minimum atomic E-state index is -0.231. The fourth-order valence-electron chi connectivity index (χ4n) is 1.62. The van der Waals surface area contributed by atoms with Crippen LogP contribution in [0.5, 0.6) is 0 Å². The van der Waals surface area contributed by atoms with E-state index in [2.05, 4.69) is 17.1 Å². The fourth-order valence-corrected chi connectivity index (χ4v) is 2.65. The topological polar surface area (TPSA) is 77.0 Å².